The van der Waals surface area contributed by atoms with Crippen molar-refractivity contribution in [1.82, 2.24) is 0 Å². The number of hydrogen-bond acceptors (Lipinski definition) is 5. The Kier molecular flexibility index (Phi) is 6.28. The fraction of sp³-hybridized carbons (Fsp3) is 0.700. The van der Waals surface area contributed by atoms with Crippen LogP contribution in [0.15, 0.2) is 11.5 Å². The maximum absolute atomic E-state index is 11.4. The number of esters is 1. The van der Waals surface area contributed by atoms with Crippen molar-refractivity contribution >= 4 is 15.8 Å². The summed E-state index contributed by atoms with van der Waals surface area (Å²) >= 11 is 0. The summed E-state index contributed by atoms with van der Waals surface area (Å²) in [7, 11) is -3.25. The first-order valence-electron chi connectivity index (χ1n) is 5.13. The van der Waals surface area contributed by atoms with E-state index in [0.29, 0.717) is 6.61 Å². The lowest BCUT2D eigenvalue weighted by atomic mass is 10.2. The van der Waals surface area contributed by atoms with Crippen LogP contribution in [0.2, 0.25) is 0 Å². The second-order valence-electron chi connectivity index (χ2n) is 3.64. The standard InChI is InChI=1S/C10H19NO4S/c1-4-15-10(12)7-9(11)5-6-16(13,14)8(2)3/h5-6,8-9H,4,7,11H2,1-3H3/t9-/m1/s1. The fourth-order valence-electron chi connectivity index (χ4n) is 0.848. The molecule has 0 aliphatic heterocycles. The summed E-state index contributed by atoms with van der Waals surface area (Å²) < 4.78 is 27.5. The highest BCUT2D eigenvalue weighted by molar-refractivity contribution is 7.94. The summed E-state index contributed by atoms with van der Waals surface area (Å²) in [5.74, 6) is -0.429. The van der Waals surface area contributed by atoms with Gasteiger partial charge >= 0.3 is 5.97 Å². The minimum absolute atomic E-state index is 0.0159. The Bertz CT molecular complexity index is 346. The quantitative estimate of drug-likeness (QED) is 0.697. The maximum atomic E-state index is 11.4. The van der Waals surface area contributed by atoms with E-state index in [1.165, 1.54) is 6.08 Å². The highest BCUT2D eigenvalue weighted by Gasteiger charge is 2.13. The van der Waals surface area contributed by atoms with E-state index >= 15 is 0 Å². The van der Waals surface area contributed by atoms with Gasteiger partial charge in [-0.2, -0.15) is 0 Å². The number of nitrogens with two attached hydrogens (primary N) is 1. The molecule has 0 amide bonds. The molecule has 0 aromatic rings. The minimum atomic E-state index is -3.25. The monoisotopic (exact) mass is 249 g/mol. The number of ether oxygens (including phenoxy) is 1. The molecular formula is C10H19NO4S. The minimum Gasteiger partial charge on any atom is -0.466 e. The third-order valence-electron chi connectivity index (χ3n) is 1.88. The number of hydrogen-bond donors (Lipinski definition) is 1. The van der Waals surface area contributed by atoms with Crippen LogP contribution >= 0.6 is 0 Å². The van der Waals surface area contributed by atoms with Crippen molar-refractivity contribution in [3.8, 4) is 0 Å². The number of sulfone groups is 1. The Labute approximate surface area is 96.6 Å². The van der Waals surface area contributed by atoms with E-state index in [0.717, 1.165) is 5.41 Å². The summed E-state index contributed by atoms with van der Waals surface area (Å²) in [6.07, 6.45) is 1.30. The van der Waals surface area contributed by atoms with Gasteiger partial charge in [-0.05, 0) is 20.8 Å². The average Bonchev–Trinajstić information content (AvgIpc) is 2.15. The van der Waals surface area contributed by atoms with Crippen molar-refractivity contribution < 1.29 is 17.9 Å². The molecule has 5 nitrogen and oxygen atoms in total. The molecule has 0 heterocycles. The molecule has 0 radical (unpaired) electrons. The Morgan fingerprint density at radius 1 is 1.44 bits per heavy atom. The molecule has 2 N–H and O–H groups in total. The summed E-state index contributed by atoms with van der Waals surface area (Å²) in [5.41, 5.74) is 5.56. The maximum Gasteiger partial charge on any atom is 0.307 e. The highest BCUT2D eigenvalue weighted by Crippen LogP contribution is 2.04. The zero-order chi connectivity index (χ0) is 12.8. The van der Waals surface area contributed by atoms with Gasteiger partial charge in [-0.1, -0.05) is 6.08 Å². The average molecular weight is 249 g/mol. The van der Waals surface area contributed by atoms with Crippen LogP contribution in [0.25, 0.3) is 0 Å². The Hall–Kier alpha value is -0.880. The van der Waals surface area contributed by atoms with Crippen LogP contribution in [-0.4, -0.2) is 32.3 Å². The number of rotatable bonds is 6. The van der Waals surface area contributed by atoms with Crippen LogP contribution in [0.3, 0.4) is 0 Å². The van der Waals surface area contributed by atoms with Gasteiger partial charge in [-0.15, -0.1) is 0 Å². The van der Waals surface area contributed by atoms with Crippen LogP contribution < -0.4 is 5.73 Å². The summed E-state index contributed by atoms with van der Waals surface area (Å²) in [6.45, 7) is 5.15. The first kappa shape index (κ1) is 15.1. The lowest BCUT2D eigenvalue weighted by molar-refractivity contribution is -0.143. The first-order valence-corrected chi connectivity index (χ1v) is 6.73. The Morgan fingerprint density at radius 2 is 2.00 bits per heavy atom. The number of carbonyl (C=O) groups is 1. The molecule has 0 aromatic carbocycles. The second-order valence-corrected chi connectivity index (χ2v) is 6.03. The predicted molar refractivity (Wildman–Crippen MR) is 62.4 cm³/mol. The third kappa shape index (κ3) is 5.87. The lowest BCUT2D eigenvalue weighted by Crippen LogP contribution is -2.23. The van der Waals surface area contributed by atoms with Gasteiger partial charge in [0.1, 0.15) is 0 Å². The van der Waals surface area contributed by atoms with Crippen molar-refractivity contribution in [2.75, 3.05) is 6.61 Å². The first-order chi connectivity index (χ1) is 7.29. The topological polar surface area (TPSA) is 86.5 Å². The largest absolute Gasteiger partial charge is 0.466 e. The molecule has 6 heteroatoms. The van der Waals surface area contributed by atoms with Gasteiger partial charge in [-0.25, -0.2) is 8.42 Å². The van der Waals surface area contributed by atoms with E-state index in [1.807, 2.05) is 0 Å². The van der Waals surface area contributed by atoms with Crippen LogP contribution in [0.4, 0.5) is 0 Å². The van der Waals surface area contributed by atoms with E-state index in [2.05, 4.69) is 4.74 Å². The van der Waals surface area contributed by atoms with Crippen LogP contribution in [0.1, 0.15) is 27.2 Å². The normalized spacial score (nSPS) is 14.3. The van der Waals surface area contributed by atoms with Crippen molar-refractivity contribution in [2.24, 2.45) is 5.73 Å². The molecule has 0 saturated heterocycles. The smallest absolute Gasteiger partial charge is 0.307 e. The Balaban J connectivity index is 4.30. The number of carbonyl (C=O) groups excluding carboxylic acids is 1. The van der Waals surface area contributed by atoms with E-state index < -0.39 is 27.1 Å². The molecule has 94 valence electrons. The van der Waals surface area contributed by atoms with Gasteiger partial charge in [-0.3, -0.25) is 4.79 Å². The van der Waals surface area contributed by atoms with Crippen molar-refractivity contribution in [3.63, 3.8) is 0 Å². The SMILES string of the molecule is CCOC(=O)C[C@H](N)C=CS(=O)(=O)C(C)C. The van der Waals surface area contributed by atoms with Crippen molar-refractivity contribution in [1.29, 1.82) is 0 Å². The molecule has 0 unspecified atom stereocenters. The second kappa shape index (κ2) is 6.65. The van der Waals surface area contributed by atoms with Crippen LogP contribution in [-0.2, 0) is 19.4 Å². The van der Waals surface area contributed by atoms with E-state index in [4.69, 9.17) is 5.73 Å². The summed E-state index contributed by atoms with van der Waals surface area (Å²) in [5, 5.41) is 0.570. The fourth-order valence-corrected chi connectivity index (χ4v) is 1.58. The zero-order valence-electron chi connectivity index (χ0n) is 9.84. The molecule has 16 heavy (non-hydrogen) atoms. The summed E-state index contributed by atoms with van der Waals surface area (Å²) in [4.78, 5) is 11.0. The Morgan fingerprint density at radius 3 is 2.44 bits per heavy atom. The molecule has 0 aliphatic carbocycles. The van der Waals surface area contributed by atoms with Gasteiger partial charge < -0.3 is 10.5 Å². The molecule has 0 spiro atoms. The molecule has 0 fully saturated rings. The lowest BCUT2D eigenvalue weighted by Gasteiger charge is -2.06. The molecule has 0 bridgehead atoms. The highest BCUT2D eigenvalue weighted by atomic mass is 32.2. The van der Waals surface area contributed by atoms with E-state index in [-0.39, 0.29) is 6.42 Å². The van der Waals surface area contributed by atoms with Gasteiger partial charge in [0, 0.05) is 11.4 Å². The van der Waals surface area contributed by atoms with E-state index in [1.54, 1.807) is 20.8 Å². The van der Waals surface area contributed by atoms with Gasteiger partial charge in [0.25, 0.3) is 0 Å². The molecule has 0 rings (SSSR count). The zero-order valence-corrected chi connectivity index (χ0v) is 10.7. The molecule has 1 atom stereocenters. The molecule has 0 saturated carbocycles. The predicted octanol–water partition coefficient (Wildman–Crippen LogP) is 0.604. The van der Waals surface area contributed by atoms with Gasteiger partial charge in [0.2, 0.25) is 0 Å². The van der Waals surface area contributed by atoms with Crippen LogP contribution in [0, 0.1) is 0 Å². The van der Waals surface area contributed by atoms with Gasteiger partial charge in [0.05, 0.1) is 18.3 Å². The van der Waals surface area contributed by atoms with E-state index in [9.17, 15) is 13.2 Å². The van der Waals surface area contributed by atoms with Crippen molar-refractivity contribution in [3.05, 3.63) is 11.5 Å². The third-order valence-corrected chi connectivity index (χ3v) is 3.73. The van der Waals surface area contributed by atoms with Gasteiger partial charge in [0.15, 0.2) is 9.84 Å². The molecule has 0 aromatic heterocycles. The molecular weight excluding hydrogens is 230 g/mol. The van der Waals surface area contributed by atoms with Crippen LogP contribution in [0.5, 0.6) is 0 Å². The molecule has 0 aliphatic rings. The summed E-state index contributed by atoms with van der Waals surface area (Å²) in [6, 6.07) is -0.632. The van der Waals surface area contributed by atoms with Crippen molar-refractivity contribution in [2.45, 2.75) is 38.5 Å².